The zero-order chi connectivity index (χ0) is 9.31. The standard InChI is InChI=1S/C10H17NO2/c1-8(12)11-10(5-3-6-10)9-4-2-7-13-9/h9H,2-7H2,1H3,(H,11,12). The first-order chi connectivity index (χ1) is 6.23. The Kier molecular flexibility index (Phi) is 2.28. The van der Waals surface area contributed by atoms with Crippen LogP contribution in [0.3, 0.4) is 0 Å². The summed E-state index contributed by atoms with van der Waals surface area (Å²) in [5, 5.41) is 3.07. The summed E-state index contributed by atoms with van der Waals surface area (Å²) < 4.78 is 5.65. The van der Waals surface area contributed by atoms with Crippen molar-refractivity contribution in [2.45, 2.75) is 50.7 Å². The van der Waals surface area contributed by atoms with Gasteiger partial charge in [-0.15, -0.1) is 0 Å². The van der Waals surface area contributed by atoms with Crippen LogP contribution >= 0.6 is 0 Å². The van der Waals surface area contributed by atoms with Crippen LogP contribution in [0.1, 0.15) is 39.0 Å². The molecule has 2 aliphatic rings. The van der Waals surface area contributed by atoms with Crippen LogP contribution in [0.4, 0.5) is 0 Å². The van der Waals surface area contributed by atoms with Gasteiger partial charge in [-0.05, 0) is 32.1 Å². The minimum Gasteiger partial charge on any atom is -0.376 e. The second kappa shape index (κ2) is 3.29. The minimum absolute atomic E-state index is 0.00231. The fraction of sp³-hybridized carbons (Fsp3) is 0.900. The molecule has 1 aliphatic carbocycles. The highest BCUT2D eigenvalue weighted by Gasteiger charge is 2.46. The average Bonchev–Trinajstić information content (AvgIpc) is 2.48. The Hall–Kier alpha value is -0.570. The monoisotopic (exact) mass is 183 g/mol. The smallest absolute Gasteiger partial charge is 0.217 e. The van der Waals surface area contributed by atoms with Crippen molar-refractivity contribution >= 4 is 5.91 Å². The van der Waals surface area contributed by atoms with Gasteiger partial charge >= 0.3 is 0 Å². The molecular weight excluding hydrogens is 166 g/mol. The SMILES string of the molecule is CC(=O)NC1(C2CCCO2)CCC1. The number of rotatable bonds is 2. The van der Waals surface area contributed by atoms with E-state index in [1.54, 1.807) is 6.92 Å². The van der Waals surface area contributed by atoms with Gasteiger partial charge in [-0.25, -0.2) is 0 Å². The van der Waals surface area contributed by atoms with Crippen molar-refractivity contribution in [3.63, 3.8) is 0 Å². The number of hydrogen-bond donors (Lipinski definition) is 1. The summed E-state index contributed by atoms with van der Waals surface area (Å²) in [6.07, 6.45) is 5.95. The molecule has 0 aromatic carbocycles. The van der Waals surface area contributed by atoms with Crippen LogP contribution in [0.5, 0.6) is 0 Å². The highest BCUT2D eigenvalue weighted by Crippen LogP contribution is 2.39. The normalized spacial score (nSPS) is 31.0. The van der Waals surface area contributed by atoms with Crippen molar-refractivity contribution in [1.29, 1.82) is 0 Å². The summed E-state index contributed by atoms with van der Waals surface area (Å²) in [7, 11) is 0. The Morgan fingerprint density at radius 2 is 2.23 bits per heavy atom. The molecule has 1 saturated carbocycles. The molecule has 0 radical (unpaired) electrons. The van der Waals surface area contributed by atoms with E-state index >= 15 is 0 Å². The van der Waals surface area contributed by atoms with E-state index in [2.05, 4.69) is 5.32 Å². The van der Waals surface area contributed by atoms with E-state index in [1.165, 1.54) is 6.42 Å². The Morgan fingerprint density at radius 3 is 2.62 bits per heavy atom. The van der Waals surface area contributed by atoms with E-state index in [4.69, 9.17) is 4.74 Å². The molecule has 0 aromatic heterocycles. The molecule has 1 amide bonds. The van der Waals surface area contributed by atoms with Crippen molar-refractivity contribution in [3.05, 3.63) is 0 Å². The van der Waals surface area contributed by atoms with Gasteiger partial charge in [0.2, 0.25) is 5.91 Å². The fourth-order valence-corrected chi connectivity index (χ4v) is 2.45. The Balaban J connectivity index is 2.01. The summed E-state index contributed by atoms with van der Waals surface area (Å²) in [4.78, 5) is 11.0. The van der Waals surface area contributed by atoms with Gasteiger partial charge in [0.1, 0.15) is 0 Å². The van der Waals surface area contributed by atoms with Gasteiger partial charge in [0.05, 0.1) is 11.6 Å². The highest BCUT2D eigenvalue weighted by molar-refractivity contribution is 5.74. The van der Waals surface area contributed by atoms with Crippen LogP contribution in [-0.2, 0) is 9.53 Å². The van der Waals surface area contributed by atoms with Gasteiger partial charge in [0.25, 0.3) is 0 Å². The van der Waals surface area contributed by atoms with Gasteiger partial charge in [-0.1, -0.05) is 0 Å². The number of nitrogens with one attached hydrogen (secondary N) is 1. The molecule has 1 unspecified atom stereocenters. The molecule has 0 spiro atoms. The molecule has 2 fully saturated rings. The maximum Gasteiger partial charge on any atom is 0.217 e. The second-order valence-corrected chi connectivity index (χ2v) is 4.19. The summed E-state index contributed by atoms with van der Waals surface area (Å²) in [6.45, 7) is 2.46. The third kappa shape index (κ3) is 1.57. The van der Waals surface area contributed by atoms with Crippen molar-refractivity contribution in [2.75, 3.05) is 6.61 Å². The molecule has 13 heavy (non-hydrogen) atoms. The molecular formula is C10H17NO2. The van der Waals surface area contributed by atoms with Crippen molar-refractivity contribution in [2.24, 2.45) is 0 Å². The number of carbonyl (C=O) groups excluding carboxylic acids is 1. The Labute approximate surface area is 78.8 Å². The van der Waals surface area contributed by atoms with Crippen LogP contribution in [0.15, 0.2) is 0 Å². The van der Waals surface area contributed by atoms with E-state index in [1.807, 2.05) is 0 Å². The van der Waals surface area contributed by atoms with E-state index in [0.717, 1.165) is 32.3 Å². The van der Waals surface area contributed by atoms with Crippen LogP contribution in [0.2, 0.25) is 0 Å². The van der Waals surface area contributed by atoms with Crippen molar-refractivity contribution in [3.8, 4) is 0 Å². The Morgan fingerprint density at radius 1 is 1.46 bits per heavy atom. The van der Waals surface area contributed by atoms with Gasteiger partial charge < -0.3 is 10.1 Å². The number of hydrogen-bond acceptors (Lipinski definition) is 2. The zero-order valence-electron chi connectivity index (χ0n) is 8.14. The fourth-order valence-electron chi connectivity index (χ4n) is 2.45. The van der Waals surface area contributed by atoms with Gasteiger partial charge in [0.15, 0.2) is 0 Å². The van der Waals surface area contributed by atoms with E-state index in [-0.39, 0.29) is 17.6 Å². The molecule has 1 N–H and O–H groups in total. The van der Waals surface area contributed by atoms with Crippen LogP contribution in [0, 0.1) is 0 Å². The van der Waals surface area contributed by atoms with Crippen LogP contribution in [0.25, 0.3) is 0 Å². The predicted molar refractivity (Wildman–Crippen MR) is 49.4 cm³/mol. The van der Waals surface area contributed by atoms with Crippen LogP contribution in [-0.4, -0.2) is 24.2 Å². The third-order valence-corrected chi connectivity index (χ3v) is 3.22. The molecule has 74 valence electrons. The highest BCUT2D eigenvalue weighted by atomic mass is 16.5. The van der Waals surface area contributed by atoms with Gasteiger partial charge in [0, 0.05) is 13.5 Å². The second-order valence-electron chi connectivity index (χ2n) is 4.19. The molecule has 0 aromatic rings. The van der Waals surface area contributed by atoms with E-state index in [0.29, 0.717) is 0 Å². The first-order valence-electron chi connectivity index (χ1n) is 5.13. The van der Waals surface area contributed by atoms with Gasteiger partial charge in [-0.3, -0.25) is 4.79 Å². The number of carbonyl (C=O) groups is 1. The first kappa shape index (κ1) is 9.00. The lowest BCUT2D eigenvalue weighted by atomic mass is 9.72. The summed E-state index contributed by atoms with van der Waals surface area (Å²) in [6, 6.07) is 0. The maximum atomic E-state index is 11.0. The predicted octanol–water partition coefficient (Wildman–Crippen LogP) is 1.22. The quantitative estimate of drug-likeness (QED) is 0.699. The van der Waals surface area contributed by atoms with E-state index < -0.39 is 0 Å². The minimum atomic E-state index is 0.00231. The Bertz CT molecular complexity index is 205. The summed E-state index contributed by atoms with van der Waals surface area (Å²) in [5.74, 6) is 0.0789. The molecule has 1 aliphatic heterocycles. The van der Waals surface area contributed by atoms with E-state index in [9.17, 15) is 4.79 Å². The molecule has 2 rings (SSSR count). The van der Waals surface area contributed by atoms with Crippen molar-refractivity contribution in [1.82, 2.24) is 5.32 Å². The third-order valence-electron chi connectivity index (χ3n) is 3.22. The van der Waals surface area contributed by atoms with Crippen molar-refractivity contribution < 1.29 is 9.53 Å². The molecule has 1 heterocycles. The lowest BCUT2D eigenvalue weighted by Gasteiger charge is -2.46. The average molecular weight is 183 g/mol. The van der Waals surface area contributed by atoms with Gasteiger partial charge in [-0.2, -0.15) is 0 Å². The number of amides is 1. The first-order valence-corrected chi connectivity index (χ1v) is 5.13. The molecule has 3 nitrogen and oxygen atoms in total. The van der Waals surface area contributed by atoms with Crippen LogP contribution < -0.4 is 5.32 Å². The topological polar surface area (TPSA) is 38.3 Å². The number of ether oxygens (including phenoxy) is 1. The lowest BCUT2D eigenvalue weighted by molar-refractivity contribution is -0.125. The summed E-state index contributed by atoms with van der Waals surface area (Å²) >= 11 is 0. The maximum absolute atomic E-state index is 11.0. The zero-order valence-corrected chi connectivity index (χ0v) is 8.14. The molecule has 1 saturated heterocycles. The molecule has 3 heteroatoms. The molecule has 1 atom stereocenters. The molecule has 0 bridgehead atoms. The summed E-state index contributed by atoms with van der Waals surface area (Å²) in [5.41, 5.74) is 0.00231. The largest absolute Gasteiger partial charge is 0.376 e. The lowest BCUT2D eigenvalue weighted by Crippen LogP contribution is -2.60.